The lowest BCUT2D eigenvalue weighted by Crippen LogP contribution is -2.21. The van der Waals surface area contributed by atoms with Crippen molar-refractivity contribution in [1.82, 2.24) is 10.6 Å². The van der Waals surface area contributed by atoms with Crippen molar-refractivity contribution < 1.29 is 9.47 Å². The van der Waals surface area contributed by atoms with Gasteiger partial charge in [0.1, 0.15) is 6.61 Å². The molecule has 0 fully saturated rings. The van der Waals surface area contributed by atoms with Gasteiger partial charge in [0, 0.05) is 6.54 Å². The molecule has 2 aromatic rings. The lowest BCUT2D eigenvalue weighted by molar-refractivity contribution is 0.284. The van der Waals surface area contributed by atoms with Crippen LogP contribution in [0, 0.1) is 6.92 Å². The molecule has 4 nitrogen and oxygen atoms in total. The Labute approximate surface area is 175 Å². The van der Waals surface area contributed by atoms with Gasteiger partial charge >= 0.3 is 0 Å². The lowest BCUT2D eigenvalue weighted by Gasteiger charge is -2.13. The van der Waals surface area contributed by atoms with Gasteiger partial charge in [0.2, 0.25) is 0 Å². The molecule has 2 rings (SSSR count). The summed E-state index contributed by atoms with van der Waals surface area (Å²) in [5, 5.41) is 6.78. The second-order valence-electron chi connectivity index (χ2n) is 6.14. The molecule has 2 N–H and O–H groups in total. The smallest absolute Gasteiger partial charge is 0.161 e. The fourth-order valence-corrected chi connectivity index (χ4v) is 2.53. The normalized spacial score (nSPS) is 9.89. The molecule has 0 atom stereocenters. The van der Waals surface area contributed by atoms with E-state index in [1.165, 1.54) is 11.1 Å². The Kier molecular flexibility index (Phi) is 13.8. The number of methoxy groups -OCH3 is 1. The summed E-state index contributed by atoms with van der Waals surface area (Å²) >= 11 is 0. The fourth-order valence-electron chi connectivity index (χ4n) is 2.53. The van der Waals surface area contributed by atoms with E-state index in [0.29, 0.717) is 6.61 Å². The van der Waals surface area contributed by atoms with E-state index in [9.17, 15) is 0 Å². The minimum atomic E-state index is 0. The summed E-state index contributed by atoms with van der Waals surface area (Å²) in [6.07, 6.45) is 1.13. The maximum Gasteiger partial charge on any atom is 0.161 e. The van der Waals surface area contributed by atoms with Gasteiger partial charge in [0.15, 0.2) is 11.5 Å². The predicted molar refractivity (Wildman–Crippen MR) is 118 cm³/mol. The number of hydrogen-bond acceptors (Lipinski definition) is 4. The van der Waals surface area contributed by atoms with Gasteiger partial charge in [-0.2, -0.15) is 0 Å². The van der Waals surface area contributed by atoms with Crippen molar-refractivity contribution >= 4 is 24.8 Å². The monoisotopic (exact) mass is 414 g/mol. The summed E-state index contributed by atoms with van der Waals surface area (Å²) in [4.78, 5) is 0. The Balaban J connectivity index is 0.00000338. The number of halogens is 2. The highest BCUT2D eigenvalue weighted by Crippen LogP contribution is 2.28. The molecule has 0 bridgehead atoms. The Hall–Kier alpha value is -1.46. The topological polar surface area (TPSA) is 42.5 Å². The van der Waals surface area contributed by atoms with Gasteiger partial charge in [0.05, 0.1) is 7.11 Å². The van der Waals surface area contributed by atoms with Gasteiger partial charge in [-0.3, -0.25) is 0 Å². The van der Waals surface area contributed by atoms with Crippen LogP contribution < -0.4 is 20.1 Å². The molecule has 152 valence electrons. The zero-order valence-electron chi connectivity index (χ0n) is 16.4. The second kappa shape index (κ2) is 14.6. The van der Waals surface area contributed by atoms with Crippen LogP contribution in [0.1, 0.15) is 30.0 Å². The Morgan fingerprint density at radius 1 is 0.852 bits per heavy atom. The first-order valence-electron chi connectivity index (χ1n) is 8.99. The number of rotatable bonds is 11. The van der Waals surface area contributed by atoms with Crippen molar-refractivity contribution in [3.05, 3.63) is 59.2 Å². The van der Waals surface area contributed by atoms with E-state index in [-0.39, 0.29) is 24.8 Å². The minimum absolute atomic E-state index is 0. The molecule has 0 heterocycles. The standard InChI is InChI=1S/C21H30N2O2.2ClH/c1-4-22-12-5-13-23-15-19-10-11-20(21(14-19)24-3)25-16-18-8-6-17(2)7-9-18;;/h6-11,14,22-23H,4-5,12-13,15-16H2,1-3H3;2*1H. The molecular formula is C21H32Cl2N2O2. The molecule has 2 aromatic carbocycles. The SMILES string of the molecule is CCNCCCNCc1ccc(OCc2ccc(C)cc2)c(OC)c1.Cl.Cl. The van der Waals surface area contributed by atoms with Crippen LogP contribution in [-0.4, -0.2) is 26.7 Å². The average Bonchev–Trinajstić information content (AvgIpc) is 2.64. The molecule has 0 saturated carbocycles. The number of benzene rings is 2. The molecule has 0 unspecified atom stereocenters. The molecule has 0 aliphatic rings. The van der Waals surface area contributed by atoms with E-state index in [1.807, 2.05) is 12.1 Å². The van der Waals surface area contributed by atoms with Crippen molar-refractivity contribution in [2.75, 3.05) is 26.7 Å². The molecule has 0 saturated heterocycles. The molecule has 0 amide bonds. The number of nitrogens with one attached hydrogen (secondary N) is 2. The van der Waals surface area contributed by atoms with Gasteiger partial charge in [-0.25, -0.2) is 0 Å². The van der Waals surface area contributed by atoms with Crippen LogP contribution in [-0.2, 0) is 13.2 Å². The summed E-state index contributed by atoms with van der Waals surface area (Å²) in [5.41, 5.74) is 3.60. The summed E-state index contributed by atoms with van der Waals surface area (Å²) in [6.45, 7) is 8.67. The lowest BCUT2D eigenvalue weighted by atomic mass is 10.1. The average molecular weight is 415 g/mol. The van der Waals surface area contributed by atoms with E-state index in [4.69, 9.17) is 9.47 Å². The highest BCUT2D eigenvalue weighted by molar-refractivity contribution is 5.85. The first-order valence-corrected chi connectivity index (χ1v) is 8.99. The molecule has 0 radical (unpaired) electrons. The van der Waals surface area contributed by atoms with Gasteiger partial charge in [-0.15, -0.1) is 24.8 Å². The molecule has 0 spiro atoms. The first kappa shape index (κ1) is 25.5. The number of aryl methyl sites for hydroxylation is 1. The Bertz CT molecular complexity index is 637. The maximum atomic E-state index is 5.93. The molecule has 27 heavy (non-hydrogen) atoms. The molecule has 0 aliphatic heterocycles. The Morgan fingerprint density at radius 3 is 2.19 bits per heavy atom. The van der Waals surface area contributed by atoms with E-state index >= 15 is 0 Å². The van der Waals surface area contributed by atoms with Crippen molar-refractivity contribution in [1.29, 1.82) is 0 Å². The van der Waals surface area contributed by atoms with Crippen molar-refractivity contribution in [3.8, 4) is 11.5 Å². The van der Waals surface area contributed by atoms with E-state index in [2.05, 4.69) is 54.8 Å². The second-order valence-corrected chi connectivity index (χ2v) is 6.14. The third-order valence-electron chi connectivity index (χ3n) is 4.03. The quantitative estimate of drug-likeness (QED) is 0.530. The number of ether oxygens (including phenoxy) is 2. The van der Waals surface area contributed by atoms with Crippen LogP contribution in [0.3, 0.4) is 0 Å². The van der Waals surface area contributed by atoms with E-state index in [1.54, 1.807) is 7.11 Å². The third-order valence-corrected chi connectivity index (χ3v) is 4.03. The van der Waals surface area contributed by atoms with Gasteiger partial charge in [-0.05, 0) is 56.2 Å². The van der Waals surface area contributed by atoms with Crippen LogP contribution >= 0.6 is 24.8 Å². The highest BCUT2D eigenvalue weighted by atomic mass is 35.5. The number of hydrogen-bond donors (Lipinski definition) is 2. The summed E-state index contributed by atoms with van der Waals surface area (Å²) in [5.74, 6) is 1.55. The van der Waals surface area contributed by atoms with Crippen LogP contribution in [0.2, 0.25) is 0 Å². The zero-order valence-corrected chi connectivity index (χ0v) is 18.1. The molecule has 0 aliphatic carbocycles. The molecular weight excluding hydrogens is 383 g/mol. The van der Waals surface area contributed by atoms with Crippen LogP contribution in [0.5, 0.6) is 11.5 Å². The highest BCUT2D eigenvalue weighted by Gasteiger charge is 2.06. The predicted octanol–water partition coefficient (Wildman–Crippen LogP) is 4.52. The van der Waals surface area contributed by atoms with Crippen LogP contribution in [0.25, 0.3) is 0 Å². The summed E-state index contributed by atoms with van der Waals surface area (Å²) < 4.78 is 11.4. The van der Waals surface area contributed by atoms with Crippen LogP contribution in [0.15, 0.2) is 42.5 Å². The third kappa shape index (κ3) is 9.34. The largest absolute Gasteiger partial charge is 0.493 e. The van der Waals surface area contributed by atoms with Gasteiger partial charge in [-0.1, -0.05) is 42.8 Å². The van der Waals surface area contributed by atoms with Crippen molar-refractivity contribution in [3.63, 3.8) is 0 Å². The molecule has 0 aromatic heterocycles. The van der Waals surface area contributed by atoms with Gasteiger partial charge in [0.25, 0.3) is 0 Å². The van der Waals surface area contributed by atoms with Crippen LogP contribution in [0.4, 0.5) is 0 Å². The molecule has 6 heteroatoms. The Morgan fingerprint density at radius 2 is 1.52 bits per heavy atom. The maximum absolute atomic E-state index is 5.93. The van der Waals surface area contributed by atoms with Crippen molar-refractivity contribution in [2.24, 2.45) is 0 Å². The van der Waals surface area contributed by atoms with Gasteiger partial charge < -0.3 is 20.1 Å². The van der Waals surface area contributed by atoms with E-state index in [0.717, 1.165) is 49.7 Å². The summed E-state index contributed by atoms with van der Waals surface area (Å²) in [6, 6.07) is 14.5. The fraction of sp³-hybridized carbons (Fsp3) is 0.429. The zero-order chi connectivity index (χ0) is 17.9. The minimum Gasteiger partial charge on any atom is -0.493 e. The van der Waals surface area contributed by atoms with Crippen molar-refractivity contribution in [2.45, 2.75) is 33.4 Å². The summed E-state index contributed by atoms with van der Waals surface area (Å²) in [7, 11) is 1.68. The van der Waals surface area contributed by atoms with E-state index < -0.39 is 0 Å². The first-order chi connectivity index (χ1) is 12.2.